The first kappa shape index (κ1) is 14.1. The van der Waals surface area contributed by atoms with Gasteiger partial charge >= 0.3 is 0 Å². The van der Waals surface area contributed by atoms with E-state index in [1.807, 2.05) is 18.2 Å². The summed E-state index contributed by atoms with van der Waals surface area (Å²) in [6.45, 7) is 0.633. The second-order valence-corrected chi connectivity index (χ2v) is 4.50. The molecule has 0 saturated carbocycles. The lowest BCUT2D eigenvalue weighted by Gasteiger charge is -2.05. The lowest BCUT2D eigenvalue weighted by atomic mass is 10.3. The minimum atomic E-state index is -0.323. The predicted octanol–water partition coefficient (Wildman–Crippen LogP) is 0.369. The molecule has 2 aromatic rings. The molecule has 0 unspecified atom stereocenters. The summed E-state index contributed by atoms with van der Waals surface area (Å²) in [6.07, 6.45) is 1.87. The molecule has 0 bridgehead atoms. The summed E-state index contributed by atoms with van der Waals surface area (Å²) < 4.78 is 3.59. The highest BCUT2D eigenvalue weighted by molar-refractivity contribution is 7.03. The Hall–Kier alpha value is -2.35. The van der Waals surface area contributed by atoms with Crippen molar-refractivity contribution < 1.29 is 9.59 Å². The normalized spacial score (nSPS) is 10.0. The molecule has 0 radical (unpaired) electrons. The maximum absolute atomic E-state index is 11.6. The van der Waals surface area contributed by atoms with Gasteiger partial charge in [0.1, 0.15) is 0 Å². The molecule has 0 spiro atoms. The van der Waals surface area contributed by atoms with Gasteiger partial charge in [0.05, 0.1) is 12.2 Å². The molecule has 0 aliphatic rings. The smallest absolute Gasteiger partial charge is 0.272 e. The molecule has 2 amide bonds. The van der Waals surface area contributed by atoms with Crippen LogP contribution in [0.2, 0.25) is 0 Å². The minimum absolute atomic E-state index is 0.146. The van der Waals surface area contributed by atoms with E-state index in [2.05, 4.69) is 25.2 Å². The van der Waals surface area contributed by atoms with Crippen LogP contribution in [0.3, 0.4) is 0 Å². The average Bonchev–Trinajstić information content (AvgIpc) is 3.00. The van der Waals surface area contributed by atoms with Gasteiger partial charge in [0.2, 0.25) is 5.91 Å². The molecule has 2 N–H and O–H groups in total. The molecule has 7 nitrogen and oxygen atoms in total. The lowest BCUT2D eigenvalue weighted by molar-refractivity contribution is -0.121. The molecule has 0 aliphatic carbocycles. The maximum atomic E-state index is 11.6. The Bertz CT molecular complexity index is 558. The zero-order valence-corrected chi connectivity index (χ0v) is 11.4. The van der Waals surface area contributed by atoms with E-state index in [4.69, 9.17) is 0 Å². The van der Waals surface area contributed by atoms with Crippen molar-refractivity contribution in [1.29, 1.82) is 0 Å². The van der Waals surface area contributed by atoms with Crippen LogP contribution in [-0.2, 0) is 11.3 Å². The molecular weight excluding hydrogens is 278 g/mol. The van der Waals surface area contributed by atoms with Crippen molar-refractivity contribution in [3.8, 4) is 0 Å². The van der Waals surface area contributed by atoms with E-state index in [9.17, 15) is 9.59 Å². The van der Waals surface area contributed by atoms with Crippen molar-refractivity contribution in [1.82, 2.24) is 25.2 Å². The number of rotatable bonds is 6. The highest BCUT2D eigenvalue weighted by atomic mass is 32.1. The number of nitrogens with zero attached hydrogens (tertiary/aromatic N) is 3. The summed E-state index contributed by atoms with van der Waals surface area (Å²) in [5.41, 5.74) is 1.06. The number of amides is 2. The van der Waals surface area contributed by atoms with Crippen LogP contribution in [-0.4, -0.2) is 32.9 Å². The topological polar surface area (TPSA) is 96.9 Å². The van der Waals surface area contributed by atoms with Crippen LogP contribution < -0.4 is 10.6 Å². The van der Waals surface area contributed by atoms with Gasteiger partial charge in [-0.2, -0.15) is 0 Å². The zero-order chi connectivity index (χ0) is 14.2. The van der Waals surface area contributed by atoms with Crippen molar-refractivity contribution >= 4 is 23.3 Å². The molecule has 0 aromatic carbocycles. The fourth-order valence-electron chi connectivity index (χ4n) is 1.42. The Morgan fingerprint density at radius 2 is 2.15 bits per heavy atom. The third-order valence-electron chi connectivity index (χ3n) is 2.42. The first-order valence-corrected chi connectivity index (χ1v) is 6.81. The van der Waals surface area contributed by atoms with Gasteiger partial charge < -0.3 is 10.6 Å². The standard InChI is InChI=1S/C12H13N5O2S/c18-11(15-7-9-3-1-2-5-13-9)4-6-14-12(19)10-8-20-17-16-10/h1-3,5,8H,4,6-7H2,(H,14,19)(H,15,18). The van der Waals surface area contributed by atoms with Gasteiger partial charge in [-0.05, 0) is 23.7 Å². The van der Waals surface area contributed by atoms with Gasteiger partial charge in [0.15, 0.2) is 5.69 Å². The van der Waals surface area contributed by atoms with E-state index < -0.39 is 0 Å². The van der Waals surface area contributed by atoms with E-state index in [1.54, 1.807) is 11.6 Å². The van der Waals surface area contributed by atoms with Crippen molar-refractivity contribution in [3.05, 3.63) is 41.2 Å². The molecule has 2 heterocycles. The van der Waals surface area contributed by atoms with Gasteiger partial charge in [-0.15, -0.1) is 5.10 Å². The fourth-order valence-corrected chi connectivity index (χ4v) is 1.86. The van der Waals surface area contributed by atoms with Gasteiger partial charge in [-0.25, -0.2) is 0 Å². The second kappa shape index (κ2) is 7.29. The number of hydrogen-bond donors (Lipinski definition) is 2. The van der Waals surface area contributed by atoms with E-state index in [0.29, 0.717) is 6.54 Å². The Labute approximate surface area is 119 Å². The molecule has 20 heavy (non-hydrogen) atoms. The van der Waals surface area contributed by atoms with Crippen LogP contribution in [0, 0.1) is 0 Å². The maximum Gasteiger partial charge on any atom is 0.272 e. The van der Waals surface area contributed by atoms with Crippen molar-refractivity contribution in [2.45, 2.75) is 13.0 Å². The van der Waals surface area contributed by atoms with Crippen LogP contribution in [0.1, 0.15) is 22.6 Å². The van der Waals surface area contributed by atoms with Crippen molar-refractivity contribution in [2.75, 3.05) is 6.54 Å². The quantitative estimate of drug-likeness (QED) is 0.801. The number of carbonyl (C=O) groups excluding carboxylic acids is 2. The van der Waals surface area contributed by atoms with Crippen LogP contribution in [0.15, 0.2) is 29.8 Å². The van der Waals surface area contributed by atoms with E-state index in [0.717, 1.165) is 17.2 Å². The lowest BCUT2D eigenvalue weighted by Crippen LogP contribution is -2.30. The van der Waals surface area contributed by atoms with E-state index in [1.165, 1.54) is 0 Å². The summed E-state index contributed by atoms with van der Waals surface area (Å²) in [7, 11) is 0. The average molecular weight is 291 g/mol. The predicted molar refractivity (Wildman–Crippen MR) is 72.9 cm³/mol. The highest BCUT2D eigenvalue weighted by Crippen LogP contribution is 1.96. The summed E-state index contributed by atoms with van der Waals surface area (Å²) in [5, 5.41) is 10.5. The fraction of sp³-hybridized carbons (Fsp3) is 0.250. The number of hydrogen-bond acceptors (Lipinski definition) is 6. The van der Waals surface area contributed by atoms with Crippen molar-refractivity contribution in [3.63, 3.8) is 0 Å². The summed E-state index contributed by atoms with van der Waals surface area (Å²) in [5.74, 6) is -0.469. The van der Waals surface area contributed by atoms with Crippen LogP contribution >= 0.6 is 11.5 Å². The SMILES string of the molecule is O=C(CCNC(=O)c1csnn1)NCc1ccccn1. The van der Waals surface area contributed by atoms with Gasteiger partial charge in [0.25, 0.3) is 5.91 Å². The Morgan fingerprint density at radius 1 is 1.25 bits per heavy atom. The Morgan fingerprint density at radius 3 is 2.85 bits per heavy atom. The first-order valence-electron chi connectivity index (χ1n) is 5.97. The number of carbonyl (C=O) groups is 2. The van der Waals surface area contributed by atoms with Crippen LogP contribution in [0.4, 0.5) is 0 Å². The summed E-state index contributed by atoms with van der Waals surface area (Å²) in [4.78, 5) is 27.2. The first-order chi connectivity index (χ1) is 9.75. The molecule has 2 rings (SSSR count). The molecule has 0 aliphatic heterocycles. The number of pyridine rings is 1. The van der Waals surface area contributed by atoms with Crippen LogP contribution in [0.5, 0.6) is 0 Å². The molecule has 0 saturated heterocycles. The molecule has 2 aromatic heterocycles. The Balaban J connectivity index is 1.64. The summed E-state index contributed by atoms with van der Waals surface area (Å²) >= 11 is 1.11. The molecule has 8 heteroatoms. The van der Waals surface area contributed by atoms with E-state index in [-0.39, 0.29) is 30.5 Å². The van der Waals surface area contributed by atoms with Crippen LogP contribution in [0.25, 0.3) is 0 Å². The summed E-state index contributed by atoms with van der Waals surface area (Å²) in [6, 6.07) is 5.50. The largest absolute Gasteiger partial charge is 0.350 e. The van der Waals surface area contributed by atoms with Crippen molar-refractivity contribution in [2.24, 2.45) is 0 Å². The van der Waals surface area contributed by atoms with Gasteiger partial charge in [0, 0.05) is 24.5 Å². The Kier molecular flexibility index (Phi) is 5.13. The number of aromatic nitrogens is 3. The molecule has 104 valence electrons. The monoisotopic (exact) mass is 291 g/mol. The number of nitrogens with one attached hydrogen (secondary N) is 2. The minimum Gasteiger partial charge on any atom is -0.350 e. The third-order valence-corrected chi connectivity index (χ3v) is 2.93. The molecule has 0 fully saturated rings. The molecular formula is C12H13N5O2S. The zero-order valence-electron chi connectivity index (χ0n) is 10.6. The second-order valence-electron chi connectivity index (χ2n) is 3.89. The van der Waals surface area contributed by atoms with Gasteiger partial charge in [-0.3, -0.25) is 14.6 Å². The highest BCUT2D eigenvalue weighted by Gasteiger charge is 2.08. The van der Waals surface area contributed by atoms with Gasteiger partial charge in [-0.1, -0.05) is 10.6 Å². The molecule has 0 atom stereocenters. The van der Waals surface area contributed by atoms with E-state index >= 15 is 0 Å². The third kappa shape index (κ3) is 4.39.